The third kappa shape index (κ3) is 3.37. The van der Waals surface area contributed by atoms with E-state index < -0.39 is 10.0 Å². The number of nitrogens with zero attached hydrogens (tertiary/aromatic N) is 1. The van der Waals surface area contributed by atoms with Gasteiger partial charge in [-0.3, -0.25) is 0 Å². The van der Waals surface area contributed by atoms with Crippen LogP contribution in [0.15, 0.2) is 16.3 Å². The van der Waals surface area contributed by atoms with Gasteiger partial charge in [0.1, 0.15) is 4.21 Å². The van der Waals surface area contributed by atoms with Gasteiger partial charge in [-0.2, -0.15) is 4.31 Å². The molecule has 1 N–H and O–H groups in total. The Labute approximate surface area is 119 Å². The molecule has 1 aliphatic rings. The van der Waals surface area contributed by atoms with Crippen molar-refractivity contribution in [2.24, 2.45) is 0 Å². The van der Waals surface area contributed by atoms with Crippen LogP contribution in [-0.4, -0.2) is 37.9 Å². The van der Waals surface area contributed by atoms with Gasteiger partial charge in [0.2, 0.25) is 0 Å². The molecule has 1 aliphatic heterocycles. The molecule has 2 rings (SSSR count). The van der Waals surface area contributed by atoms with Gasteiger partial charge in [0.05, 0.1) is 0 Å². The maximum Gasteiger partial charge on any atom is 0.252 e. The summed E-state index contributed by atoms with van der Waals surface area (Å²) < 4.78 is 27.4. The first kappa shape index (κ1) is 15.0. The quantitative estimate of drug-likeness (QED) is 0.907. The summed E-state index contributed by atoms with van der Waals surface area (Å²) in [5.41, 5.74) is 0. The molecule has 1 atom stereocenters. The smallest absolute Gasteiger partial charge is 0.252 e. The number of hydrogen-bond acceptors (Lipinski definition) is 4. The highest BCUT2D eigenvalue weighted by Gasteiger charge is 2.31. The van der Waals surface area contributed by atoms with Gasteiger partial charge in [0.25, 0.3) is 10.0 Å². The lowest BCUT2D eigenvalue weighted by Crippen LogP contribution is -2.44. The first-order chi connectivity index (χ1) is 8.91. The molecule has 4 nitrogen and oxygen atoms in total. The van der Waals surface area contributed by atoms with Gasteiger partial charge < -0.3 is 5.32 Å². The van der Waals surface area contributed by atoms with Crippen LogP contribution in [0.2, 0.25) is 0 Å². The Morgan fingerprint density at radius 1 is 1.47 bits per heavy atom. The summed E-state index contributed by atoms with van der Waals surface area (Å²) in [5.74, 6) is 0. The van der Waals surface area contributed by atoms with Gasteiger partial charge in [0.15, 0.2) is 0 Å². The average Bonchev–Trinajstić information content (AvgIpc) is 2.96. The number of sulfonamides is 1. The van der Waals surface area contributed by atoms with Gasteiger partial charge in [-0.15, -0.1) is 11.3 Å². The zero-order chi connectivity index (χ0) is 14.0. The average molecular weight is 302 g/mol. The largest absolute Gasteiger partial charge is 0.313 e. The van der Waals surface area contributed by atoms with Crippen LogP contribution >= 0.6 is 11.3 Å². The van der Waals surface area contributed by atoms with Crippen LogP contribution in [0, 0.1) is 6.92 Å². The van der Waals surface area contributed by atoms with Crippen LogP contribution in [-0.2, 0) is 10.0 Å². The lowest BCUT2D eigenvalue weighted by atomic mass is 10.2. The molecule has 1 aromatic rings. The van der Waals surface area contributed by atoms with Crippen molar-refractivity contribution in [2.75, 3.05) is 13.1 Å². The minimum atomic E-state index is -3.36. The van der Waals surface area contributed by atoms with E-state index in [9.17, 15) is 8.42 Å². The summed E-state index contributed by atoms with van der Waals surface area (Å²) in [6, 6.07) is 3.85. The van der Waals surface area contributed by atoms with Crippen LogP contribution in [0.1, 0.15) is 31.6 Å². The van der Waals surface area contributed by atoms with Crippen LogP contribution < -0.4 is 5.32 Å². The predicted molar refractivity (Wildman–Crippen MR) is 79.1 cm³/mol. The van der Waals surface area contributed by atoms with E-state index in [0.717, 1.165) is 24.3 Å². The molecule has 0 aromatic carbocycles. The fourth-order valence-electron chi connectivity index (χ4n) is 2.38. The Morgan fingerprint density at radius 3 is 2.68 bits per heavy atom. The fourth-order valence-corrected chi connectivity index (χ4v) is 5.48. The number of thiophene rings is 1. The van der Waals surface area contributed by atoms with Crippen LogP contribution in [0.4, 0.5) is 0 Å². The Hall–Kier alpha value is -0.430. The van der Waals surface area contributed by atoms with Gasteiger partial charge in [-0.05, 0) is 52.3 Å². The van der Waals surface area contributed by atoms with Crippen molar-refractivity contribution >= 4 is 21.4 Å². The molecule has 6 heteroatoms. The summed E-state index contributed by atoms with van der Waals surface area (Å²) in [4.78, 5) is 1.03. The Balaban J connectivity index is 2.22. The van der Waals surface area contributed by atoms with E-state index in [1.54, 1.807) is 10.4 Å². The zero-order valence-electron chi connectivity index (χ0n) is 11.7. The number of nitrogens with one attached hydrogen (secondary N) is 1. The van der Waals surface area contributed by atoms with Crippen LogP contribution in [0.25, 0.3) is 0 Å². The molecule has 0 spiro atoms. The molecule has 108 valence electrons. The van der Waals surface area contributed by atoms with Gasteiger partial charge in [0, 0.05) is 23.5 Å². The molecular weight excluding hydrogens is 280 g/mol. The van der Waals surface area contributed by atoms with Crippen molar-refractivity contribution < 1.29 is 8.42 Å². The molecule has 0 aliphatic carbocycles. The van der Waals surface area contributed by atoms with E-state index in [1.165, 1.54) is 11.3 Å². The second kappa shape index (κ2) is 5.91. The van der Waals surface area contributed by atoms with E-state index in [0.29, 0.717) is 16.8 Å². The summed E-state index contributed by atoms with van der Waals surface area (Å²) >= 11 is 1.35. The molecule has 1 fully saturated rings. The molecular formula is C13H22N2O2S2. The molecule has 0 bridgehead atoms. The van der Waals surface area contributed by atoms with Crippen LogP contribution in [0.3, 0.4) is 0 Å². The van der Waals surface area contributed by atoms with Crippen molar-refractivity contribution in [3.05, 3.63) is 17.0 Å². The summed E-state index contributed by atoms with van der Waals surface area (Å²) in [5, 5.41) is 3.37. The summed E-state index contributed by atoms with van der Waals surface area (Å²) in [6.45, 7) is 7.37. The Morgan fingerprint density at radius 2 is 2.21 bits per heavy atom. The number of hydrogen-bond donors (Lipinski definition) is 1. The second-order valence-electron chi connectivity index (χ2n) is 5.33. The minimum absolute atomic E-state index is 0.0187. The standard InChI is InChI=1S/C13H22N2O2S2/c1-10(2)15(9-12-5-4-8-14-12)19(16,17)13-7-6-11(3)18-13/h6-7,10,12,14H,4-5,8-9H2,1-3H3. The highest BCUT2D eigenvalue weighted by molar-refractivity contribution is 7.91. The second-order valence-corrected chi connectivity index (χ2v) is 8.73. The molecule has 2 heterocycles. The maximum absolute atomic E-state index is 12.7. The summed E-state index contributed by atoms with van der Waals surface area (Å²) in [7, 11) is -3.36. The number of rotatable bonds is 5. The van der Waals surface area contributed by atoms with Crippen molar-refractivity contribution in [1.29, 1.82) is 0 Å². The first-order valence-corrected chi connectivity index (χ1v) is 8.98. The van der Waals surface area contributed by atoms with Crippen molar-refractivity contribution in [1.82, 2.24) is 9.62 Å². The molecule has 1 aromatic heterocycles. The molecule has 1 unspecified atom stereocenters. The van der Waals surface area contributed by atoms with Gasteiger partial charge in [-0.1, -0.05) is 0 Å². The minimum Gasteiger partial charge on any atom is -0.313 e. The highest BCUT2D eigenvalue weighted by atomic mass is 32.2. The predicted octanol–water partition coefficient (Wildman–Crippen LogP) is 2.21. The van der Waals surface area contributed by atoms with E-state index in [4.69, 9.17) is 0 Å². The third-order valence-electron chi connectivity index (χ3n) is 3.42. The van der Waals surface area contributed by atoms with Crippen LogP contribution in [0.5, 0.6) is 0 Å². The molecule has 1 saturated heterocycles. The van der Waals surface area contributed by atoms with E-state index in [1.807, 2.05) is 26.8 Å². The van der Waals surface area contributed by atoms with E-state index in [2.05, 4.69) is 5.32 Å². The normalized spacial score (nSPS) is 20.6. The van der Waals surface area contributed by atoms with Gasteiger partial charge >= 0.3 is 0 Å². The zero-order valence-corrected chi connectivity index (χ0v) is 13.4. The first-order valence-electron chi connectivity index (χ1n) is 6.73. The third-order valence-corrected chi connectivity index (χ3v) is 6.93. The molecule has 0 radical (unpaired) electrons. The monoisotopic (exact) mass is 302 g/mol. The fraction of sp³-hybridized carbons (Fsp3) is 0.692. The number of aryl methyl sites for hydroxylation is 1. The van der Waals surface area contributed by atoms with Gasteiger partial charge in [-0.25, -0.2) is 8.42 Å². The van der Waals surface area contributed by atoms with Crippen molar-refractivity contribution in [3.63, 3.8) is 0 Å². The van der Waals surface area contributed by atoms with E-state index >= 15 is 0 Å². The highest BCUT2D eigenvalue weighted by Crippen LogP contribution is 2.26. The Kier molecular flexibility index (Phi) is 4.66. The lowest BCUT2D eigenvalue weighted by Gasteiger charge is -2.28. The summed E-state index contributed by atoms with van der Waals surface area (Å²) in [6.07, 6.45) is 2.19. The maximum atomic E-state index is 12.7. The van der Waals surface area contributed by atoms with Crippen molar-refractivity contribution in [3.8, 4) is 0 Å². The molecule has 19 heavy (non-hydrogen) atoms. The van der Waals surface area contributed by atoms with E-state index in [-0.39, 0.29) is 6.04 Å². The molecule has 0 saturated carbocycles. The Bertz CT molecular complexity index is 517. The lowest BCUT2D eigenvalue weighted by molar-refractivity contribution is 0.323. The van der Waals surface area contributed by atoms with Crippen molar-refractivity contribution in [2.45, 2.75) is 49.9 Å². The SMILES string of the molecule is Cc1ccc(S(=O)(=O)N(CC2CCCN2)C(C)C)s1. The topological polar surface area (TPSA) is 49.4 Å². The molecule has 0 amide bonds.